The highest BCUT2D eigenvalue weighted by Gasteiger charge is 2.47. The Morgan fingerprint density at radius 2 is 1.00 bits per heavy atom. The van der Waals surface area contributed by atoms with Crippen molar-refractivity contribution in [3.63, 3.8) is 0 Å². The van der Waals surface area contributed by atoms with Crippen LogP contribution in [0.25, 0.3) is 0 Å². The van der Waals surface area contributed by atoms with Gasteiger partial charge in [-0.05, 0) is 96.3 Å². The smallest absolute Gasteiger partial charge is 0.306 e. The summed E-state index contributed by atoms with van der Waals surface area (Å²) < 4.78 is 17.5. The summed E-state index contributed by atoms with van der Waals surface area (Å²) >= 11 is 0. The molecule has 1 rings (SSSR count). The quantitative estimate of drug-likeness (QED) is 0.0196. The number of allylic oxidation sites excluding steroid dienone is 13. The lowest BCUT2D eigenvalue weighted by molar-refractivity contribution is -0.305. The van der Waals surface area contributed by atoms with Gasteiger partial charge in [0.05, 0.1) is 25.4 Å². The van der Waals surface area contributed by atoms with Gasteiger partial charge in [0, 0.05) is 6.42 Å². The molecular weight excluding hydrogens is 907 g/mol. The number of hydrogen-bond acceptors (Lipinski definition) is 10. The Morgan fingerprint density at radius 1 is 0.556 bits per heavy atom. The third-order valence-corrected chi connectivity index (χ3v) is 13.0. The second-order valence-electron chi connectivity index (χ2n) is 19.6. The predicted molar refractivity (Wildman–Crippen MR) is 296 cm³/mol. The highest BCUT2D eigenvalue weighted by molar-refractivity contribution is 5.80. The zero-order valence-electron chi connectivity index (χ0n) is 45.5. The van der Waals surface area contributed by atoms with Crippen LogP contribution >= 0.6 is 0 Å². The monoisotopic (exact) mass is 1010 g/mol. The minimum atomic E-state index is -1.63. The van der Waals surface area contributed by atoms with Crippen LogP contribution in [-0.2, 0) is 23.8 Å². The number of amides is 1. The van der Waals surface area contributed by atoms with Crippen LogP contribution in [0.5, 0.6) is 0 Å². The molecule has 0 aromatic heterocycles. The van der Waals surface area contributed by atoms with E-state index in [1.54, 1.807) is 6.08 Å². The maximum atomic E-state index is 13.3. The summed E-state index contributed by atoms with van der Waals surface area (Å²) in [6, 6.07) is -1.04. The molecule has 0 spiro atoms. The highest BCUT2D eigenvalue weighted by Crippen LogP contribution is 2.26. The molecule has 0 aromatic rings. The molecule has 1 aliphatic heterocycles. The summed E-state index contributed by atoms with van der Waals surface area (Å²) in [7, 11) is 0. The number of nitrogens with one attached hydrogen (secondary N) is 1. The van der Waals surface area contributed by atoms with Gasteiger partial charge >= 0.3 is 5.97 Å². The normalized spacial score (nSPS) is 20.1. The lowest BCUT2D eigenvalue weighted by atomic mass is 9.99. The van der Waals surface area contributed by atoms with Crippen molar-refractivity contribution in [1.82, 2.24) is 5.32 Å². The second kappa shape index (κ2) is 48.8. The predicted octanol–water partition coefficient (Wildman–Crippen LogP) is 13.0. The van der Waals surface area contributed by atoms with Crippen LogP contribution < -0.4 is 5.32 Å². The minimum absolute atomic E-state index is 0.0815. The third kappa shape index (κ3) is 36.7. The van der Waals surface area contributed by atoms with Crippen molar-refractivity contribution in [1.29, 1.82) is 0 Å². The van der Waals surface area contributed by atoms with Gasteiger partial charge in [-0.25, -0.2) is 0 Å². The molecule has 1 amide bonds. The van der Waals surface area contributed by atoms with E-state index in [1.807, 2.05) is 6.08 Å². The van der Waals surface area contributed by atoms with Crippen molar-refractivity contribution >= 4 is 11.9 Å². The first-order chi connectivity index (χ1) is 35.2. The van der Waals surface area contributed by atoms with Crippen molar-refractivity contribution < 1.29 is 49.3 Å². The van der Waals surface area contributed by atoms with Crippen LogP contribution in [0.2, 0.25) is 0 Å². The number of ether oxygens (including phenoxy) is 3. The third-order valence-electron chi connectivity index (χ3n) is 13.0. The van der Waals surface area contributed by atoms with Gasteiger partial charge in [0.1, 0.15) is 24.4 Å². The Bertz CT molecular complexity index is 1490. The molecule has 1 aliphatic rings. The van der Waals surface area contributed by atoms with Gasteiger partial charge < -0.3 is 45.1 Å². The fourth-order valence-electron chi connectivity index (χ4n) is 8.44. The molecule has 11 nitrogen and oxygen atoms in total. The Balaban J connectivity index is 2.73. The molecule has 414 valence electrons. The summed E-state index contributed by atoms with van der Waals surface area (Å²) in [4.78, 5) is 26.4. The summed E-state index contributed by atoms with van der Waals surface area (Å²) in [5, 5.41) is 56.8. The molecule has 6 N–H and O–H groups in total. The van der Waals surface area contributed by atoms with E-state index in [9.17, 15) is 35.1 Å². The summed E-state index contributed by atoms with van der Waals surface area (Å²) in [6.45, 7) is 5.60. The van der Waals surface area contributed by atoms with Gasteiger partial charge in [-0.2, -0.15) is 0 Å². The van der Waals surface area contributed by atoms with Gasteiger partial charge in [-0.3, -0.25) is 9.59 Å². The molecule has 0 aromatic carbocycles. The van der Waals surface area contributed by atoms with Crippen molar-refractivity contribution in [2.24, 2.45) is 0 Å². The van der Waals surface area contributed by atoms with Gasteiger partial charge in [0.25, 0.3) is 0 Å². The number of hydrogen-bond donors (Lipinski definition) is 6. The number of unbranched alkanes of at least 4 members (excludes halogenated alkanes) is 21. The van der Waals surface area contributed by atoms with E-state index in [2.05, 4.69) is 99.0 Å². The zero-order chi connectivity index (χ0) is 52.5. The van der Waals surface area contributed by atoms with E-state index in [0.717, 1.165) is 116 Å². The molecule has 8 atom stereocenters. The van der Waals surface area contributed by atoms with E-state index in [4.69, 9.17) is 14.2 Å². The Hall–Kier alpha value is -3.16. The summed E-state index contributed by atoms with van der Waals surface area (Å²) in [5.41, 5.74) is 0. The molecule has 8 unspecified atom stereocenters. The van der Waals surface area contributed by atoms with E-state index >= 15 is 0 Å². The number of aliphatic hydroxyl groups is 5. The number of aliphatic hydroxyl groups excluding tert-OH is 5. The van der Waals surface area contributed by atoms with Crippen molar-refractivity contribution in [3.05, 3.63) is 85.1 Å². The van der Waals surface area contributed by atoms with E-state index < -0.39 is 67.4 Å². The Kier molecular flexibility index (Phi) is 45.3. The van der Waals surface area contributed by atoms with Crippen molar-refractivity contribution in [3.8, 4) is 0 Å². The second-order valence-corrected chi connectivity index (χ2v) is 19.6. The van der Waals surface area contributed by atoms with Crippen molar-refractivity contribution in [2.45, 2.75) is 275 Å². The van der Waals surface area contributed by atoms with Crippen molar-refractivity contribution in [2.75, 3.05) is 13.2 Å². The van der Waals surface area contributed by atoms with Crippen LogP contribution in [0.15, 0.2) is 85.1 Å². The lowest BCUT2D eigenvalue weighted by Gasteiger charge is -2.41. The fraction of sp³-hybridized carbons (Fsp3) is 0.738. The molecule has 72 heavy (non-hydrogen) atoms. The van der Waals surface area contributed by atoms with E-state index in [1.165, 1.54) is 64.2 Å². The number of esters is 1. The summed E-state index contributed by atoms with van der Waals surface area (Å²) in [6.07, 6.45) is 52.0. The molecule has 1 saturated heterocycles. The van der Waals surface area contributed by atoms with Crippen LogP contribution in [0.1, 0.15) is 226 Å². The molecule has 11 heteroatoms. The SMILES string of the molecule is CC/C=C/C/C=C/CCCCCCCCC(O)C(=O)NC(COC1OC(CO)C(O)C(O)C1OC(=O)CCCCC/C=C\C/C=C\C/C=C\C/C=C\CCCCC)C(O)/C=C/CCCCCCCCCCC. The van der Waals surface area contributed by atoms with E-state index in [0.29, 0.717) is 12.8 Å². The first kappa shape index (κ1) is 66.9. The highest BCUT2D eigenvalue weighted by atomic mass is 16.7. The van der Waals surface area contributed by atoms with Gasteiger partial charge in [0.2, 0.25) is 5.91 Å². The number of carbonyl (C=O) groups is 2. The molecule has 0 radical (unpaired) electrons. The first-order valence-corrected chi connectivity index (χ1v) is 28.9. The molecular formula is C61H105NO10. The Labute approximate surface area is 438 Å². The Morgan fingerprint density at radius 3 is 1.53 bits per heavy atom. The van der Waals surface area contributed by atoms with Crippen LogP contribution in [0.4, 0.5) is 0 Å². The standard InChI is InChI=1S/C61H105NO10/c1-4-7-10-13-16-19-22-24-25-26-27-28-29-31-34-37-40-43-46-49-56(66)72-59-58(68)57(67)55(50-63)71-61(59)70-51-52(53(64)47-44-41-38-35-32-21-18-15-12-9-6-3)62-60(69)54(65)48-45-42-39-36-33-30-23-20-17-14-11-8-5-2/h8,11,16-17,19-20,24-25,27-28,31,34,44,47,52-55,57-59,61,63-65,67-68H,4-7,9-10,12-15,18,21-23,26,29-30,32-33,35-43,45-46,48-51H2,1-3H3,(H,62,69)/b11-8+,19-16-,20-17+,25-24-,28-27-,34-31-,47-44+. The topological polar surface area (TPSA) is 175 Å². The van der Waals surface area contributed by atoms with E-state index in [-0.39, 0.29) is 19.4 Å². The van der Waals surface area contributed by atoms with Gasteiger partial charge in [-0.1, -0.05) is 209 Å². The number of rotatable bonds is 47. The molecule has 0 saturated carbocycles. The molecule has 1 fully saturated rings. The maximum absolute atomic E-state index is 13.3. The first-order valence-electron chi connectivity index (χ1n) is 28.9. The number of carbonyl (C=O) groups excluding carboxylic acids is 2. The van der Waals surface area contributed by atoms with Crippen LogP contribution in [0.3, 0.4) is 0 Å². The van der Waals surface area contributed by atoms with Crippen LogP contribution in [-0.4, -0.2) is 99.6 Å². The lowest BCUT2D eigenvalue weighted by Crippen LogP contribution is -2.61. The van der Waals surface area contributed by atoms with Gasteiger partial charge in [0.15, 0.2) is 12.4 Å². The zero-order valence-corrected chi connectivity index (χ0v) is 45.5. The average Bonchev–Trinajstić information content (AvgIpc) is 3.38. The van der Waals surface area contributed by atoms with Gasteiger partial charge in [-0.15, -0.1) is 0 Å². The largest absolute Gasteiger partial charge is 0.454 e. The average molecular weight is 1010 g/mol. The fourth-order valence-corrected chi connectivity index (χ4v) is 8.44. The maximum Gasteiger partial charge on any atom is 0.306 e. The minimum Gasteiger partial charge on any atom is -0.454 e. The molecule has 1 heterocycles. The summed E-state index contributed by atoms with van der Waals surface area (Å²) in [5.74, 6) is -1.24. The molecule has 0 bridgehead atoms. The van der Waals surface area contributed by atoms with Crippen LogP contribution in [0, 0.1) is 0 Å². The molecule has 0 aliphatic carbocycles.